The van der Waals surface area contributed by atoms with E-state index in [0.717, 1.165) is 6.20 Å². The molecule has 0 amide bonds. The van der Waals surface area contributed by atoms with Gasteiger partial charge in [0.15, 0.2) is 9.53 Å². The molecular formula is C7H8F3IN2. The van der Waals surface area contributed by atoms with Crippen LogP contribution < -0.4 is 0 Å². The summed E-state index contributed by atoms with van der Waals surface area (Å²) in [6.07, 6.45) is -3.31. The molecule has 0 atom stereocenters. The maximum Gasteiger partial charge on any atom is 0.434 e. The van der Waals surface area contributed by atoms with Crippen molar-refractivity contribution < 1.29 is 13.2 Å². The normalized spacial score (nSPS) is 12.5. The Morgan fingerprint density at radius 3 is 2.23 bits per heavy atom. The first kappa shape index (κ1) is 10.8. The lowest BCUT2D eigenvalue weighted by Crippen LogP contribution is -2.05. The van der Waals surface area contributed by atoms with Gasteiger partial charge in [-0.25, -0.2) is 4.98 Å². The van der Waals surface area contributed by atoms with Gasteiger partial charge < -0.3 is 4.57 Å². The molecule has 0 unspecified atom stereocenters. The molecule has 0 saturated carbocycles. The van der Waals surface area contributed by atoms with Crippen molar-refractivity contribution in [2.45, 2.75) is 26.1 Å². The molecule has 0 radical (unpaired) electrons. The van der Waals surface area contributed by atoms with Crippen LogP contribution in [0.4, 0.5) is 13.2 Å². The topological polar surface area (TPSA) is 17.8 Å². The predicted molar refractivity (Wildman–Crippen MR) is 50.3 cm³/mol. The summed E-state index contributed by atoms with van der Waals surface area (Å²) >= 11 is 1.79. The zero-order chi connectivity index (χ0) is 10.2. The van der Waals surface area contributed by atoms with Crippen LogP contribution in [0, 0.1) is 3.83 Å². The van der Waals surface area contributed by atoms with Gasteiger partial charge in [0.2, 0.25) is 0 Å². The second-order valence-corrected chi connectivity index (χ2v) is 3.86. The van der Waals surface area contributed by atoms with Crippen LogP contribution in [-0.4, -0.2) is 9.55 Å². The number of nitrogens with zero attached hydrogens (tertiary/aromatic N) is 2. The Morgan fingerprint density at radius 2 is 2.00 bits per heavy atom. The van der Waals surface area contributed by atoms with Crippen molar-refractivity contribution >= 4 is 22.6 Å². The first-order chi connectivity index (χ1) is 5.82. The van der Waals surface area contributed by atoms with Crippen molar-refractivity contribution in [2.24, 2.45) is 0 Å². The van der Waals surface area contributed by atoms with E-state index in [9.17, 15) is 13.2 Å². The standard InChI is InChI=1S/C7H8F3IN2/c1-4(2)13-3-5(7(8,9)10)12-6(13)11/h3-4H,1-2H3. The van der Waals surface area contributed by atoms with E-state index < -0.39 is 11.9 Å². The zero-order valence-corrected chi connectivity index (χ0v) is 9.22. The van der Waals surface area contributed by atoms with Gasteiger partial charge in [0.1, 0.15) is 0 Å². The number of rotatable bonds is 1. The summed E-state index contributed by atoms with van der Waals surface area (Å²) in [6.45, 7) is 3.62. The van der Waals surface area contributed by atoms with Gasteiger partial charge in [-0.3, -0.25) is 0 Å². The average molecular weight is 304 g/mol. The molecule has 6 heteroatoms. The second kappa shape index (κ2) is 3.47. The highest BCUT2D eigenvalue weighted by Gasteiger charge is 2.34. The number of alkyl halides is 3. The lowest BCUT2D eigenvalue weighted by molar-refractivity contribution is -0.141. The molecule has 0 spiro atoms. The van der Waals surface area contributed by atoms with Crippen LogP contribution in [-0.2, 0) is 6.18 Å². The number of imidazole rings is 1. The van der Waals surface area contributed by atoms with Crippen molar-refractivity contribution in [3.05, 3.63) is 15.7 Å². The molecule has 0 saturated heterocycles. The van der Waals surface area contributed by atoms with E-state index >= 15 is 0 Å². The molecular weight excluding hydrogens is 296 g/mol. The van der Waals surface area contributed by atoms with E-state index in [0.29, 0.717) is 3.83 Å². The molecule has 0 aliphatic heterocycles. The maximum absolute atomic E-state index is 12.2. The fourth-order valence-electron chi connectivity index (χ4n) is 0.870. The third-order valence-electron chi connectivity index (χ3n) is 1.53. The van der Waals surface area contributed by atoms with Gasteiger partial charge in [0, 0.05) is 12.2 Å². The molecule has 1 aromatic heterocycles. The smallest absolute Gasteiger partial charge is 0.323 e. The molecule has 1 aromatic rings. The van der Waals surface area contributed by atoms with Crippen molar-refractivity contribution in [3.8, 4) is 0 Å². The lowest BCUT2D eigenvalue weighted by atomic mass is 10.4. The minimum atomic E-state index is -4.35. The molecule has 0 fully saturated rings. The summed E-state index contributed by atoms with van der Waals surface area (Å²) in [5, 5.41) is 0. The van der Waals surface area contributed by atoms with E-state index in [1.165, 1.54) is 4.57 Å². The number of halogens is 4. The Labute approximate surface area is 87.3 Å². The molecule has 0 aromatic carbocycles. The first-order valence-electron chi connectivity index (χ1n) is 3.64. The third-order valence-corrected chi connectivity index (χ3v) is 2.33. The maximum atomic E-state index is 12.2. The number of hydrogen-bond acceptors (Lipinski definition) is 1. The van der Waals surface area contributed by atoms with Crippen molar-refractivity contribution in [1.29, 1.82) is 0 Å². The largest absolute Gasteiger partial charge is 0.434 e. The van der Waals surface area contributed by atoms with E-state index in [1.54, 1.807) is 22.6 Å². The minimum Gasteiger partial charge on any atom is -0.323 e. The van der Waals surface area contributed by atoms with E-state index in [4.69, 9.17) is 0 Å². The molecule has 0 aliphatic rings. The van der Waals surface area contributed by atoms with Crippen LogP contribution in [0.25, 0.3) is 0 Å². The van der Waals surface area contributed by atoms with Crippen LogP contribution in [0.1, 0.15) is 25.6 Å². The van der Waals surface area contributed by atoms with E-state index in [2.05, 4.69) is 4.98 Å². The highest BCUT2D eigenvalue weighted by Crippen LogP contribution is 2.29. The quantitative estimate of drug-likeness (QED) is 0.729. The Morgan fingerprint density at radius 1 is 1.46 bits per heavy atom. The highest BCUT2D eigenvalue weighted by molar-refractivity contribution is 14.1. The Bertz CT molecular complexity index is 303. The average Bonchev–Trinajstić information content (AvgIpc) is 2.29. The number of hydrogen-bond donors (Lipinski definition) is 0. The van der Waals surface area contributed by atoms with Gasteiger partial charge in [-0.05, 0) is 36.4 Å². The van der Waals surface area contributed by atoms with E-state index in [1.807, 2.05) is 13.8 Å². The SMILES string of the molecule is CC(C)n1cc(C(F)(F)F)nc1I. The molecule has 1 heterocycles. The van der Waals surface area contributed by atoms with E-state index in [-0.39, 0.29) is 6.04 Å². The van der Waals surface area contributed by atoms with Crippen molar-refractivity contribution in [1.82, 2.24) is 9.55 Å². The van der Waals surface area contributed by atoms with Crippen molar-refractivity contribution in [2.75, 3.05) is 0 Å². The molecule has 2 nitrogen and oxygen atoms in total. The van der Waals surface area contributed by atoms with Crippen LogP contribution in [0.3, 0.4) is 0 Å². The van der Waals surface area contributed by atoms with Gasteiger partial charge >= 0.3 is 6.18 Å². The summed E-state index contributed by atoms with van der Waals surface area (Å²) in [6, 6.07) is -0.00417. The monoisotopic (exact) mass is 304 g/mol. The summed E-state index contributed by atoms with van der Waals surface area (Å²) < 4.78 is 38.3. The van der Waals surface area contributed by atoms with Crippen LogP contribution >= 0.6 is 22.6 Å². The fourth-order valence-corrected chi connectivity index (χ4v) is 1.83. The Kier molecular flexibility index (Phi) is 2.88. The number of aromatic nitrogens is 2. The molecule has 0 aliphatic carbocycles. The third kappa shape index (κ3) is 2.35. The molecule has 0 N–H and O–H groups in total. The van der Waals surface area contributed by atoms with Gasteiger partial charge in [0.25, 0.3) is 0 Å². The predicted octanol–water partition coefficient (Wildman–Crippen LogP) is 3.09. The van der Waals surface area contributed by atoms with Gasteiger partial charge in [-0.1, -0.05) is 0 Å². The Balaban J connectivity index is 3.10. The lowest BCUT2D eigenvalue weighted by Gasteiger charge is -2.06. The van der Waals surface area contributed by atoms with Gasteiger partial charge in [-0.15, -0.1) is 0 Å². The van der Waals surface area contributed by atoms with Crippen LogP contribution in [0.15, 0.2) is 6.20 Å². The summed E-state index contributed by atoms with van der Waals surface area (Å²) in [5.41, 5.74) is -0.828. The summed E-state index contributed by atoms with van der Waals surface area (Å²) in [5.74, 6) is 0. The molecule has 1 rings (SSSR count). The Hall–Kier alpha value is -0.270. The fraction of sp³-hybridized carbons (Fsp3) is 0.571. The molecule has 74 valence electrons. The molecule has 13 heavy (non-hydrogen) atoms. The molecule has 0 bridgehead atoms. The second-order valence-electron chi connectivity index (χ2n) is 2.89. The highest BCUT2D eigenvalue weighted by atomic mass is 127. The van der Waals surface area contributed by atoms with Crippen LogP contribution in [0.5, 0.6) is 0 Å². The van der Waals surface area contributed by atoms with Crippen LogP contribution in [0.2, 0.25) is 0 Å². The van der Waals surface area contributed by atoms with Gasteiger partial charge in [0.05, 0.1) is 0 Å². The van der Waals surface area contributed by atoms with Crippen molar-refractivity contribution in [3.63, 3.8) is 0 Å². The zero-order valence-electron chi connectivity index (χ0n) is 7.06. The van der Waals surface area contributed by atoms with Gasteiger partial charge in [-0.2, -0.15) is 13.2 Å². The summed E-state index contributed by atoms with van der Waals surface area (Å²) in [4.78, 5) is 3.43. The minimum absolute atomic E-state index is 0.00417. The summed E-state index contributed by atoms with van der Waals surface area (Å²) in [7, 11) is 0. The first-order valence-corrected chi connectivity index (χ1v) is 4.72.